The van der Waals surface area contributed by atoms with Crippen LogP contribution in [0.2, 0.25) is 0 Å². The van der Waals surface area contributed by atoms with E-state index in [0.717, 1.165) is 17.2 Å². The third-order valence-corrected chi connectivity index (χ3v) is 4.86. The minimum Gasteiger partial charge on any atom is -0.348 e. The fourth-order valence-electron chi connectivity index (χ4n) is 1.69. The summed E-state index contributed by atoms with van der Waals surface area (Å²) in [5.41, 5.74) is 6.82. The molecule has 2 aromatic heterocycles. The molecule has 2 atom stereocenters. The zero-order valence-corrected chi connectivity index (χ0v) is 12.6. The summed E-state index contributed by atoms with van der Waals surface area (Å²) in [5.74, 6) is 0. The lowest BCUT2D eigenvalue weighted by molar-refractivity contribution is 0.682. The predicted octanol–water partition coefficient (Wildman–Crippen LogP) is 3.29. The van der Waals surface area contributed by atoms with Crippen molar-refractivity contribution in [3.05, 3.63) is 33.5 Å². The monoisotopic (exact) mass is 281 g/mol. The Labute approximate surface area is 116 Å². The van der Waals surface area contributed by atoms with Gasteiger partial charge in [-0.1, -0.05) is 6.07 Å². The number of anilines is 1. The summed E-state index contributed by atoms with van der Waals surface area (Å²) in [4.78, 5) is 8.23. The maximum Gasteiger partial charge on any atom is 0.185 e. The van der Waals surface area contributed by atoms with Gasteiger partial charge >= 0.3 is 0 Å². The van der Waals surface area contributed by atoms with Gasteiger partial charge in [0.05, 0.1) is 5.69 Å². The molecule has 2 rings (SSSR count). The van der Waals surface area contributed by atoms with Crippen molar-refractivity contribution in [2.24, 2.45) is 5.73 Å². The van der Waals surface area contributed by atoms with Gasteiger partial charge in [0, 0.05) is 35.8 Å². The number of thiazole rings is 1. The molecule has 0 radical (unpaired) electrons. The Hall–Kier alpha value is -0.910. The summed E-state index contributed by atoms with van der Waals surface area (Å²) >= 11 is 3.48. The molecule has 3 nitrogen and oxygen atoms in total. The van der Waals surface area contributed by atoms with Gasteiger partial charge in [-0.3, -0.25) is 0 Å². The Bertz CT molecular complexity index is 476. The molecule has 0 spiro atoms. The van der Waals surface area contributed by atoms with Gasteiger partial charge in [0.2, 0.25) is 0 Å². The van der Waals surface area contributed by atoms with Gasteiger partial charge in [0.1, 0.15) is 0 Å². The Morgan fingerprint density at radius 1 is 1.39 bits per heavy atom. The Kier molecular flexibility index (Phi) is 4.37. The smallest absolute Gasteiger partial charge is 0.185 e. The first kappa shape index (κ1) is 13.5. The number of rotatable bonds is 5. The Morgan fingerprint density at radius 2 is 2.17 bits per heavy atom. The average molecular weight is 281 g/mol. The number of aromatic nitrogens is 1. The van der Waals surface area contributed by atoms with Gasteiger partial charge in [0.25, 0.3) is 0 Å². The van der Waals surface area contributed by atoms with Gasteiger partial charge in [-0.25, -0.2) is 4.98 Å². The first-order valence-electron chi connectivity index (χ1n) is 6.04. The molecule has 0 fully saturated rings. The standard InChI is InChI=1S/C13H19N3S2/c1-9(7-11-5-4-6-17-11)16(3)13-15-12(8-18-13)10(2)14/h4-6,8-10H,7,14H2,1-3H3. The van der Waals surface area contributed by atoms with Crippen LogP contribution >= 0.6 is 22.7 Å². The van der Waals surface area contributed by atoms with Crippen LogP contribution in [0.15, 0.2) is 22.9 Å². The van der Waals surface area contributed by atoms with Crippen LogP contribution in [0.25, 0.3) is 0 Å². The molecule has 0 saturated carbocycles. The number of nitrogens with two attached hydrogens (primary N) is 1. The van der Waals surface area contributed by atoms with Crippen molar-refractivity contribution in [3.63, 3.8) is 0 Å². The van der Waals surface area contributed by atoms with Gasteiger partial charge in [-0.05, 0) is 25.3 Å². The molecule has 2 aromatic rings. The highest BCUT2D eigenvalue weighted by molar-refractivity contribution is 7.13. The third-order valence-electron chi connectivity index (χ3n) is 3.02. The third kappa shape index (κ3) is 3.10. The van der Waals surface area contributed by atoms with Gasteiger partial charge in [-0.2, -0.15) is 0 Å². The van der Waals surface area contributed by atoms with Crippen molar-refractivity contribution >= 4 is 27.8 Å². The van der Waals surface area contributed by atoms with Crippen molar-refractivity contribution in [3.8, 4) is 0 Å². The Morgan fingerprint density at radius 3 is 2.72 bits per heavy atom. The summed E-state index contributed by atoms with van der Waals surface area (Å²) in [6, 6.07) is 4.74. The van der Waals surface area contributed by atoms with Crippen molar-refractivity contribution in [2.75, 3.05) is 11.9 Å². The molecular weight excluding hydrogens is 262 g/mol. The van der Waals surface area contributed by atoms with Crippen LogP contribution < -0.4 is 10.6 Å². The minimum absolute atomic E-state index is 0.0102. The second kappa shape index (κ2) is 5.82. The lowest BCUT2D eigenvalue weighted by Crippen LogP contribution is -2.30. The number of hydrogen-bond donors (Lipinski definition) is 1. The summed E-state index contributed by atoms with van der Waals surface area (Å²) in [6.45, 7) is 4.20. The van der Waals surface area contributed by atoms with Gasteiger partial charge in [-0.15, -0.1) is 22.7 Å². The number of hydrogen-bond acceptors (Lipinski definition) is 5. The van der Waals surface area contributed by atoms with Crippen LogP contribution in [0, 0.1) is 0 Å². The van der Waals surface area contributed by atoms with Crippen LogP contribution in [-0.4, -0.2) is 18.1 Å². The van der Waals surface area contributed by atoms with E-state index in [2.05, 4.69) is 41.4 Å². The zero-order chi connectivity index (χ0) is 13.1. The summed E-state index contributed by atoms with van der Waals surface area (Å²) < 4.78 is 0. The van der Waals surface area contributed by atoms with Crippen LogP contribution in [0.1, 0.15) is 30.5 Å². The molecule has 0 amide bonds. The molecule has 18 heavy (non-hydrogen) atoms. The fourth-order valence-corrected chi connectivity index (χ4v) is 3.52. The molecule has 2 N–H and O–H groups in total. The maximum atomic E-state index is 5.84. The number of thiophene rings is 1. The van der Waals surface area contributed by atoms with E-state index < -0.39 is 0 Å². The van der Waals surface area contributed by atoms with Crippen molar-refractivity contribution in [2.45, 2.75) is 32.4 Å². The highest BCUT2D eigenvalue weighted by atomic mass is 32.1. The molecule has 0 aromatic carbocycles. The van der Waals surface area contributed by atoms with Crippen molar-refractivity contribution in [1.82, 2.24) is 4.98 Å². The topological polar surface area (TPSA) is 42.1 Å². The van der Waals surface area contributed by atoms with E-state index in [1.165, 1.54) is 4.88 Å². The van der Waals surface area contributed by atoms with E-state index >= 15 is 0 Å². The Balaban J connectivity index is 2.03. The maximum absolute atomic E-state index is 5.84. The van der Waals surface area contributed by atoms with Crippen LogP contribution in [0.4, 0.5) is 5.13 Å². The molecule has 98 valence electrons. The second-order valence-electron chi connectivity index (χ2n) is 4.59. The summed E-state index contributed by atoms with van der Waals surface area (Å²) in [7, 11) is 2.10. The number of nitrogens with zero attached hydrogens (tertiary/aromatic N) is 2. The largest absolute Gasteiger partial charge is 0.348 e. The average Bonchev–Trinajstić information content (AvgIpc) is 2.98. The zero-order valence-electron chi connectivity index (χ0n) is 11.0. The molecule has 2 unspecified atom stereocenters. The molecule has 0 aliphatic carbocycles. The first-order chi connectivity index (χ1) is 8.58. The van der Waals surface area contributed by atoms with E-state index in [9.17, 15) is 0 Å². The van der Waals surface area contributed by atoms with E-state index in [-0.39, 0.29) is 6.04 Å². The molecule has 0 aliphatic rings. The lowest BCUT2D eigenvalue weighted by Gasteiger charge is -2.23. The molecule has 0 aliphatic heterocycles. The highest BCUT2D eigenvalue weighted by Gasteiger charge is 2.15. The molecular formula is C13H19N3S2. The highest BCUT2D eigenvalue weighted by Crippen LogP contribution is 2.25. The van der Waals surface area contributed by atoms with Crippen LogP contribution in [0.3, 0.4) is 0 Å². The lowest BCUT2D eigenvalue weighted by atomic mass is 10.2. The number of likely N-dealkylation sites (N-methyl/N-ethyl adjacent to an activating group) is 1. The van der Waals surface area contributed by atoms with Crippen molar-refractivity contribution in [1.29, 1.82) is 0 Å². The summed E-state index contributed by atoms with van der Waals surface area (Å²) in [6.07, 6.45) is 1.06. The van der Waals surface area contributed by atoms with E-state index in [1.54, 1.807) is 11.3 Å². The van der Waals surface area contributed by atoms with E-state index in [4.69, 9.17) is 5.73 Å². The van der Waals surface area contributed by atoms with Crippen molar-refractivity contribution < 1.29 is 0 Å². The predicted molar refractivity (Wildman–Crippen MR) is 80.6 cm³/mol. The van der Waals surface area contributed by atoms with E-state index in [1.807, 2.05) is 23.6 Å². The quantitative estimate of drug-likeness (QED) is 0.914. The fraction of sp³-hybridized carbons (Fsp3) is 0.462. The SMILES string of the molecule is CC(N)c1csc(N(C)C(C)Cc2cccs2)n1. The second-order valence-corrected chi connectivity index (χ2v) is 6.46. The minimum atomic E-state index is 0.0102. The van der Waals surface area contributed by atoms with Crippen LogP contribution in [0.5, 0.6) is 0 Å². The van der Waals surface area contributed by atoms with Gasteiger partial charge in [0.15, 0.2) is 5.13 Å². The summed E-state index contributed by atoms with van der Waals surface area (Å²) in [5, 5.41) is 5.22. The first-order valence-corrected chi connectivity index (χ1v) is 7.80. The normalized spacial score (nSPS) is 14.4. The molecule has 0 bridgehead atoms. The van der Waals surface area contributed by atoms with Gasteiger partial charge < -0.3 is 10.6 Å². The molecule has 0 saturated heterocycles. The molecule has 2 heterocycles. The van der Waals surface area contributed by atoms with Crippen LogP contribution in [-0.2, 0) is 6.42 Å². The molecule has 5 heteroatoms. The van der Waals surface area contributed by atoms with E-state index in [0.29, 0.717) is 6.04 Å².